The molecule has 210 valence electrons. The van der Waals surface area contributed by atoms with Gasteiger partial charge in [0, 0.05) is 23.2 Å². The molecule has 40 heavy (non-hydrogen) atoms. The minimum absolute atomic E-state index is 0.244. The molecule has 2 unspecified atom stereocenters. The van der Waals surface area contributed by atoms with Crippen LogP contribution in [0.15, 0.2) is 48.8 Å². The Balaban J connectivity index is 1.11. The summed E-state index contributed by atoms with van der Waals surface area (Å²) in [5, 5.41) is 5.09. The number of hydrogen-bond donors (Lipinski definition) is 1. The van der Waals surface area contributed by atoms with Gasteiger partial charge in [0.1, 0.15) is 35.1 Å². The van der Waals surface area contributed by atoms with Gasteiger partial charge in [0.25, 0.3) is 0 Å². The minimum atomic E-state index is -0.283. The van der Waals surface area contributed by atoms with Crippen LogP contribution in [-0.4, -0.2) is 59.5 Å². The molecule has 6 rings (SSSR count). The summed E-state index contributed by atoms with van der Waals surface area (Å²) in [6.45, 7) is 3.86. The third-order valence-corrected chi connectivity index (χ3v) is 9.71. The van der Waals surface area contributed by atoms with Crippen LogP contribution < -0.4 is 10.1 Å². The van der Waals surface area contributed by atoms with E-state index in [4.69, 9.17) is 16.3 Å². The highest BCUT2D eigenvalue weighted by Gasteiger charge is 2.28. The first-order valence-electron chi connectivity index (χ1n) is 14.0. The second-order valence-corrected chi connectivity index (χ2v) is 12.7. The predicted molar refractivity (Wildman–Crippen MR) is 162 cm³/mol. The van der Waals surface area contributed by atoms with E-state index < -0.39 is 0 Å². The highest BCUT2D eigenvalue weighted by Crippen LogP contribution is 2.41. The molecule has 1 saturated heterocycles. The largest absolute Gasteiger partial charge is 0.487 e. The van der Waals surface area contributed by atoms with Crippen molar-refractivity contribution in [1.82, 2.24) is 19.8 Å². The van der Waals surface area contributed by atoms with Crippen molar-refractivity contribution in [3.63, 3.8) is 0 Å². The molecule has 0 radical (unpaired) electrons. The normalized spacial score (nSPS) is 19.3. The predicted octanol–water partition coefficient (Wildman–Crippen LogP) is 6.94. The van der Waals surface area contributed by atoms with Gasteiger partial charge in [-0.25, -0.2) is 14.4 Å². The Morgan fingerprint density at radius 2 is 2.08 bits per heavy atom. The van der Waals surface area contributed by atoms with Gasteiger partial charge in [-0.1, -0.05) is 23.7 Å². The lowest BCUT2D eigenvalue weighted by molar-refractivity contribution is 0.252. The Kier molecular flexibility index (Phi) is 8.21. The Labute approximate surface area is 244 Å². The van der Waals surface area contributed by atoms with Gasteiger partial charge in [-0.05, 0) is 107 Å². The zero-order valence-electron chi connectivity index (χ0n) is 23.0. The second kappa shape index (κ2) is 12.0. The van der Waals surface area contributed by atoms with Crippen molar-refractivity contribution in [3.05, 3.63) is 75.6 Å². The molecule has 1 N–H and O–H groups in total. The number of halogens is 2. The van der Waals surface area contributed by atoms with Crippen molar-refractivity contribution in [2.24, 2.45) is 5.92 Å². The zero-order chi connectivity index (χ0) is 27.6. The van der Waals surface area contributed by atoms with Crippen molar-refractivity contribution in [2.45, 2.75) is 44.8 Å². The molecular weight excluding hydrogens is 545 g/mol. The summed E-state index contributed by atoms with van der Waals surface area (Å²) < 4.78 is 19.3. The number of likely N-dealkylation sites (tertiary alicyclic amines) is 1. The van der Waals surface area contributed by atoms with E-state index in [1.807, 2.05) is 35.6 Å². The summed E-state index contributed by atoms with van der Waals surface area (Å²) in [6, 6.07) is 12.7. The Morgan fingerprint density at radius 1 is 1.18 bits per heavy atom. The number of aromatic nitrogens is 2. The van der Waals surface area contributed by atoms with Crippen LogP contribution in [0.1, 0.15) is 35.3 Å². The first kappa shape index (κ1) is 27.4. The average molecular weight is 580 g/mol. The standard InChI is InChI=1S/C31H35ClFN5OS/c1-37(2)24-11-13-38(17-24)12-10-20-6-8-25-28(15-20)40-31-29(25)30(34-19-35-31)36-23-7-9-27(26(32)16-23)39-18-21-4-3-5-22(33)14-21/h3-5,7,9,14,16,19-20,24H,6,8,10-13,15,17-18H2,1-2H3,(H,34,35,36). The van der Waals surface area contributed by atoms with Crippen molar-refractivity contribution in [2.75, 3.05) is 39.0 Å². The van der Waals surface area contributed by atoms with Gasteiger partial charge in [-0.2, -0.15) is 0 Å². The smallest absolute Gasteiger partial charge is 0.142 e. The van der Waals surface area contributed by atoms with Crippen LogP contribution in [0, 0.1) is 11.7 Å². The topological polar surface area (TPSA) is 53.5 Å². The molecule has 0 bridgehead atoms. The van der Waals surface area contributed by atoms with E-state index in [0.717, 1.165) is 46.0 Å². The first-order valence-corrected chi connectivity index (χ1v) is 15.2. The summed E-state index contributed by atoms with van der Waals surface area (Å²) in [5.74, 6) is 1.81. The molecular formula is C31H35ClFN5OS. The second-order valence-electron chi connectivity index (χ2n) is 11.2. The fraction of sp³-hybridized carbons (Fsp3) is 0.419. The summed E-state index contributed by atoms with van der Waals surface area (Å²) in [7, 11) is 4.39. The van der Waals surface area contributed by atoms with Gasteiger partial charge < -0.3 is 19.9 Å². The maximum Gasteiger partial charge on any atom is 0.142 e. The van der Waals surface area contributed by atoms with E-state index in [-0.39, 0.29) is 12.4 Å². The van der Waals surface area contributed by atoms with E-state index in [1.165, 1.54) is 61.5 Å². The maximum atomic E-state index is 13.5. The van der Waals surface area contributed by atoms with Crippen LogP contribution in [0.25, 0.3) is 10.2 Å². The number of ether oxygens (including phenoxy) is 1. The molecule has 1 aliphatic heterocycles. The highest BCUT2D eigenvalue weighted by molar-refractivity contribution is 7.19. The van der Waals surface area contributed by atoms with E-state index >= 15 is 0 Å². The summed E-state index contributed by atoms with van der Waals surface area (Å²) in [6.07, 6.45) is 7.58. The van der Waals surface area contributed by atoms with Gasteiger partial charge in [0.05, 0.1) is 10.4 Å². The molecule has 1 fully saturated rings. The molecule has 0 spiro atoms. The number of thiophene rings is 1. The van der Waals surface area contributed by atoms with Crippen LogP contribution >= 0.6 is 22.9 Å². The van der Waals surface area contributed by atoms with Gasteiger partial charge in [0.2, 0.25) is 0 Å². The SMILES string of the molecule is CN(C)C1CCN(CCC2CCc3c(sc4ncnc(Nc5ccc(OCc6cccc(F)c6)c(Cl)c5)c34)C2)C1. The average Bonchev–Trinajstić information content (AvgIpc) is 3.57. The van der Waals surface area contributed by atoms with Crippen molar-refractivity contribution in [1.29, 1.82) is 0 Å². The van der Waals surface area contributed by atoms with Gasteiger partial charge in [-0.15, -0.1) is 11.3 Å². The molecule has 1 aliphatic carbocycles. The fourth-order valence-electron chi connectivity index (χ4n) is 5.94. The number of rotatable bonds is 9. The molecule has 2 aromatic heterocycles. The summed E-state index contributed by atoms with van der Waals surface area (Å²) in [5.41, 5.74) is 2.98. The number of benzene rings is 2. The zero-order valence-corrected chi connectivity index (χ0v) is 24.6. The molecule has 2 aromatic carbocycles. The first-order chi connectivity index (χ1) is 19.4. The molecule has 2 aliphatic rings. The van der Waals surface area contributed by atoms with Crippen LogP contribution in [0.2, 0.25) is 5.02 Å². The lowest BCUT2D eigenvalue weighted by atomic mass is 9.85. The lowest BCUT2D eigenvalue weighted by Gasteiger charge is -2.25. The van der Waals surface area contributed by atoms with E-state index in [2.05, 4.69) is 39.2 Å². The third-order valence-electron chi connectivity index (χ3n) is 8.26. The molecule has 0 saturated carbocycles. The Morgan fingerprint density at radius 3 is 2.88 bits per heavy atom. The number of fused-ring (bicyclic) bond motifs is 3. The Hall–Kier alpha value is -2.78. The number of hydrogen-bond acceptors (Lipinski definition) is 7. The number of aryl methyl sites for hydroxylation is 1. The van der Waals surface area contributed by atoms with Crippen LogP contribution in [0.4, 0.5) is 15.9 Å². The van der Waals surface area contributed by atoms with E-state index in [1.54, 1.807) is 12.4 Å². The molecule has 3 heterocycles. The summed E-state index contributed by atoms with van der Waals surface area (Å²) >= 11 is 8.36. The number of likely N-dealkylation sites (N-methyl/N-ethyl adjacent to an activating group) is 1. The molecule has 0 amide bonds. The van der Waals surface area contributed by atoms with Crippen molar-refractivity contribution >= 4 is 44.7 Å². The lowest BCUT2D eigenvalue weighted by Crippen LogP contribution is -2.32. The Bertz CT molecular complexity index is 1490. The van der Waals surface area contributed by atoms with Gasteiger partial charge in [-0.3, -0.25) is 0 Å². The fourth-order valence-corrected chi connectivity index (χ4v) is 7.48. The van der Waals surface area contributed by atoms with Crippen molar-refractivity contribution in [3.8, 4) is 5.75 Å². The van der Waals surface area contributed by atoms with Gasteiger partial charge in [0.15, 0.2) is 0 Å². The number of nitrogens with zero attached hydrogens (tertiary/aromatic N) is 4. The highest BCUT2D eigenvalue weighted by atomic mass is 35.5. The summed E-state index contributed by atoms with van der Waals surface area (Å²) in [4.78, 5) is 16.7. The quantitative estimate of drug-likeness (QED) is 0.232. The molecule has 2 atom stereocenters. The van der Waals surface area contributed by atoms with E-state index in [9.17, 15) is 4.39 Å². The van der Waals surface area contributed by atoms with Crippen molar-refractivity contribution < 1.29 is 9.13 Å². The monoisotopic (exact) mass is 579 g/mol. The van der Waals surface area contributed by atoms with E-state index in [0.29, 0.717) is 16.8 Å². The van der Waals surface area contributed by atoms with Crippen LogP contribution in [-0.2, 0) is 19.4 Å². The van der Waals surface area contributed by atoms with Crippen LogP contribution in [0.3, 0.4) is 0 Å². The molecule has 6 nitrogen and oxygen atoms in total. The molecule has 4 aromatic rings. The minimum Gasteiger partial charge on any atom is -0.487 e. The maximum absolute atomic E-state index is 13.5. The third kappa shape index (κ3) is 6.10. The van der Waals surface area contributed by atoms with Gasteiger partial charge >= 0.3 is 0 Å². The molecule has 9 heteroatoms. The number of nitrogens with one attached hydrogen (secondary N) is 1. The number of anilines is 2. The van der Waals surface area contributed by atoms with Crippen LogP contribution in [0.5, 0.6) is 5.75 Å².